The van der Waals surface area contributed by atoms with Crippen LogP contribution in [0.5, 0.6) is 5.75 Å². The number of fused-ring (bicyclic) bond motifs is 1. The summed E-state index contributed by atoms with van der Waals surface area (Å²) in [6.45, 7) is 0. The Labute approximate surface area is 120 Å². The lowest BCUT2D eigenvalue weighted by Crippen LogP contribution is -1.82. The second-order valence-electron chi connectivity index (χ2n) is 4.88. The molecule has 0 aliphatic carbocycles. The minimum absolute atomic E-state index is 0.258. The maximum atomic E-state index is 9.38. The number of furan rings is 1. The Morgan fingerprint density at radius 2 is 1.86 bits per heavy atom. The van der Waals surface area contributed by atoms with Crippen molar-refractivity contribution in [1.82, 2.24) is 9.97 Å². The van der Waals surface area contributed by atoms with Crippen molar-refractivity contribution in [1.29, 1.82) is 0 Å². The molecule has 4 heteroatoms. The number of hydrogen-bond donors (Lipinski definition) is 2. The molecule has 4 nitrogen and oxygen atoms in total. The quantitative estimate of drug-likeness (QED) is 0.577. The molecule has 4 rings (SSSR count). The van der Waals surface area contributed by atoms with Crippen LogP contribution >= 0.6 is 0 Å². The summed E-state index contributed by atoms with van der Waals surface area (Å²) in [4.78, 5) is 7.63. The number of phenolic OH excluding ortho intramolecular Hbond substituents is 1. The van der Waals surface area contributed by atoms with Gasteiger partial charge in [0.1, 0.15) is 11.4 Å². The molecular weight excluding hydrogens is 264 g/mol. The molecule has 0 saturated heterocycles. The number of aromatic hydroxyl groups is 1. The monoisotopic (exact) mass is 276 g/mol. The molecule has 102 valence electrons. The zero-order valence-electron chi connectivity index (χ0n) is 11.1. The van der Waals surface area contributed by atoms with Crippen LogP contribution in [0, 0.1) is 0 Å². The summed E-state index contributed by atoms with van der Waals surface area (Å²) < 4.78 is 5.15. The predicted molar refractivity (Wildman–Crippen MR) is 80.9 cm³/mol. The first-order chi connectivity index (χ1) is 10.3. The van der Waals surface area contributed by atoms with Gasteiger partial charge in [-0.25, -0.2) is 4.98 Å². The molecule has 3 heterocycles. The van der Waals surface area contributed by atoms with Crippen LogP contribution in [0.2, 0.25) is 0 Å². The van der Waals surface area contributed by atoms with Gasteiger partial charge in [-0.15, -0.1) is 0 Å². The summed E-state index contributed by atoms with van der Waals surface area (Å²) in [6, 6.07) is 11.1. The van der Waals surface area contributed by atoms with Crippen molar-refractivity contribution in [2.45, 2.75) is 0 Å². The van der Waals surface area contributed by atoms with Crippen molar-refractivity contribution < 1.29 is 9.52 Å². The van der Waals surface area contributed by atoms with Crippen molar-refractivity contribution >= 4 is 11.0 Å². The number of nitrogens with zero attached hydrogens (tertiary/aromatic N) is 1. The van der Waals surface area contributed by atoms with Crippen LogP contribution in [0.4, 0.5) is 0 Å². The van der Waals surface area contributed by atoms with E-state index in [0.717, 1.165) is 33.3 Å². The molecule has 3 aromatic heterocycles. The average Bonchev–Trinajstić information content (AvgIpc) is 3.16. The maximum absolute atomic E-state index is 9.38. The number of phenols is 1. The van der Waals surface area contributed by atoms with E-state index in [4.69, 9.17) is 4.42 Å². The zero-order valence-corrected chi connectivity index (χ0v) is 11.1. The van der Waals surface area contributed by atoms with Gasteiger partial charge in [0.2, 0.25) is 0 Å². The minimum Gasteiger partial charge on any atom is -0.508 e. The van der Waals surface area contributed by atoms with Gasteiger partial charge < -0.3 is 14.5 Å². The molecule has 0 fully saturated rings. The topological polar surface area (TPSA) is 62.1 Å². The maximum Gasteiger partial charge on any atom is 0.137 e. The van der Waals surface area contributed by atoms with Crippen molar-refractivity contribution in [2.75, 3.05) is 0 Å². The van der Waals surface area contributed by atoms with E-state index in [1.54, 1.807) is 24.7 Å². The Kier molecular flexibility index (Phi) is 2.54. The summed E-state index contributed by atoms with van der Waals surface area (Å²) in [7, 11) is 0. The Morgan fingerprint density at radius 1 is 1.00 bits per heavy atom. The third-order valence-corrected chi connectivity index (χ3v) is 3.56. The summed E-state index contributed by atoms with van der Waals surface area (Å²) >= 11 is 0. The fourth-order valence-corrected chi connectivity index (χ4v) is 2.47. The van der Waals surface area contributed by atoms with Gasteiger partial charge in [-0.05, 0) is 29.8 Å². The minimum atomic E-state index is 0.258. The van der Waals surface area contributed by atoms with E-state index in [0.29, 0.717) is 0 Å². The highest BCUT2D eigenvalue weighted by molar-refractivity contribution is 5.95. The van der Waals surface area contributed by atoms with Crippen molar-refractivity contribution in [3.8, 4) is 28.0 Å². The lowest BCUT2D eigenvalue weighted by molar-refractivity contribution is 0.475. The largest absolute Gasteiger partial charge is 0.508 e. The van der Waals surface area contributed by atoms with Gasteiger partial charge in [-0.1, -0.05) is 12.1 Å². The molecule has 0 spiro atoms. The Morgan fingerprint density at radius 3 is 2.62 bits per heavy atom. The lowest BCUT2D eigenvalue weighted by Gasteiger charge is -2.02. The molecule has 0 unspecified atom stereocenters. The number of hydrogen-bond acceptors (Lipinski definition) is 3. The lowest BCUT2D eigenvalue weighted by atomic mass is 10.0. The van der Waals surface area contributed by atoms with Crippen LogP contribution in [-0.4, -0.2) is 15.1 Å². The number of H-pyrrole nitrogens is 1. The standard InChI is InChI=1S/C17H12N2O2/c20-14-3-1-11(2-4-14)13-7-15-16(12-5-6-21-10-12)9-19-17(15)18-8-13/h1-10,20H,(H,18,19). The van der Waals surface area contributed by atoms with Gasteiger partial charge in [0.05, 0.1) is 12.5 Å². The molecule has 21 heavy (non-hydrogen) atoms. The number of rotatable bonds is 2. The van der Waals surface area contributed by atoms with Crippen LogP contribution in [-0.2, 0) is 0 Å². The summed E-state index contributed by atoms with van der Waals surface area (Å²) in [6.07, 6.45) is 7.13. The van der Waals surface area contributed by atoms with Gasteiger partial charge in [-0.3, -0.25) is 0 Å². The van der Waals surface area contributed by atoms with E-state index in [2.05, 4.69) is 16.0 Å². The van der Waals surface area contributed by atoms with E-state index in [-0.39, 0.29) is 5.75 Å². The van der Waals surface area contributed by atoms with Gasteiger partial charge in [0, 0.05) is 34.5 Å². The van der Waals surface area contributed by atoms with E-state index in [1.165, 1.54) is 0 Å². The first-order valence-corrected chi connectivity index (χ1v) is 6.60. The highest BCUT2D eigenvalue weighted by Crippen LogP contribution is 2.31. The van der Waals surface area contributed by atoms with E-state index in [1.807, 2.05) is 30.6 Å². The van der Waals surface area contributed by atoms with E-state index in [9.17, 15) is 5.11 Å². The summed E-state index contributed by atoms with van der Waals surface area (Å²) in [5.74, 6) is 0.258. The normalized spacial score (nSPS) is 11.0. The molecule has 0 saturated carbocycles. The third kappa shape index (κ3) is 1.97. The fourth-order valence-electron chi connectivity index (χ4n) is 2.47. The predicted octanol–water partition coefficient (Wildman–Crippen LogP) is 4.20. The van der Waals surface area contributed by atoms with Gasteiger partial charge in [0.15, 0.2) is 0 Å². The molecular formula is C17H12N2O2. The molecule has 0 aliphatic heterocycles. The Bertz CT molecular complexity index is 890. The second-order valence-corrected chi connectivity index (χ2v) is 4.88. The first kappa shape index (κ1) is 11.8. The van der Waals surface area contributed by atoms with Crippen LogP contribution in [0.25, 0.3) is 33.3 Å². The van der Waals surface area contributed by atoms with Crippen molar-refractivity contribution in [2.24, 2.45) is 0 Å². The highest BCUT2D eigenvalue weighted by Gasteiger charge is 2.09. The fraction of sp³-hybridized carbons (Fsp3) is 0. The van der Waals surface area contributed by atoms with Gasteiger partial charge in [0.25, 0.3) is 0 Å². The summed E-state index contributed by atoms with van der Waals surface area (Å²) in [5, 5.41) is 10.4. The molecule has 0 amide bonds. The molecule has 1 aromatic carbocycles. The van der Waals surface area contributed by atoms with Crippen molar-refractivity contribution in [3.63, 3.8) is 0 Å². The molecule has 4 aromatic rings. The third-order valence-electron chi connectivity index (χ3n) is 3.56. The number of pyridine rings is 1. The molecule has 2 N–H and O–H groups in total. The molecule has 0 radical (unpaired) electrons. The SMILES string of the molecule is Oc1ccc(-c2cnc3[nH]cc(-c4ccoc4)c3c2)cc1. The number of aromatic nitrogens is 2. The van der Waals surface area contributed by atoms with Crippen LogP contribution in [0.1, 0.15) is 0 Å². The zero-order chi connectivity index (χ0) is 14.2. The van der Waals surface area contributed by atoms with E-state index < -0.39 is 0 Å². The second kappa shape index (κ2) is 4.52. The summed E-state index contributed by atoms with van der Waals surface area (Å²) in [5.41, 5.74) is 4.94. The smallest absolute Gasteiger partial charge is 0.137 e. The Balaban J connectivity index is 1.89. The number of nitrogens with one attached hydrogen (secondary N) is 1. The first-order valence-electron chi connectivity index (χ1n) is 6.60. The van der Waals surface area contributed by atoms with Crippen molar-refractivity contribution in [3.05, 3.63) is 61.3 Å². The van der Waals surface area contributed by atoms with Crippen LogP contribution < -0.4 is 0 Å². The Hall–Kier alpha value is -3.01. The number of aromatic amines is 1. The van der Waals surface area contributed by atoms with Gasteiger partial charge >= 0.3 is 0 Å². The van der Waals surface area contributed by atoms with E-state index >= 15 is 0 Å². The van der Waals surface area contributed by atoms with Gasteiger partial charge in [-0.2, -0.15) is 0 Å². The molecule has 0 bridgehead atoms. The number of benzene rings is 1. The van der Waals surface area contributed by atoms with Crippen LogP contribution in [0.15, 0.2) is 65.7 Å². The van der Waals surface area contributed by atoms with Crippen LogP contribution in [0.3, 0.4) is 0 Å². The average molecular weight is 276 g/mol. The molecule has 0 aliphatic rings. The molecule has 0 atom stereocenters. The highest BCUT2D eigenvalue weighted by atomic mass is 16.3.